The molecule has 0 bridgehead atoms. The van der Waals surface area contributed by atoms with Gasteiger partial charge in [0.1, 0.15) is 29.7 Å². The number of carbonyl (C=O) groups excluding carboxylic acids is 1. The van der Waals surface area contributed by atoms with Crippen molar-refractivity contribution in [2.24, 2.45) is 11.3 Å². The molecule has 5 aliphatic rings. The number of carbonyl (C=O) groups is 1. The van der Waals surface area contributed by atoms with Crippen molar-refractivity contribution in [3.8, 4) is 0 Å². The molecule has 2 aromatic rings. The van der Waals surface area contributed by atoms with Crippen LogP contribution in [-0.2, 0) is 19.7 Å². The van der Waals surface area contributed by atoms with E-state index in [9.17, 15) is 4.79 Å². The minimum atomic E-state index is -0.808. The summed E-state index contributed by atoms with van der Waals surface area (Å²) in [6, 6.07) is 21.3. The molecule has 4 nitrogen and oxygen atoms in total. The normalized spacial score (nSPS) is 43.1. The molecule has 0 aromatic heterocycles. The molecule has 4 heteroatoms. The summed E-state index contributed by atoms with van der Waals surface area (Å²) in [7, 11) is 4.69. The van der Waals surface area contributed by atoms with E-state index in [4.69, 9.17) is 9.47 Å². The molecule has 154 valence electrons. The number of esters is 1. The van der Waals surface area contributed by atoms with Crippen molar-refractivity contribution in [1.82, 2.24) is 0 Å². The minimum Gasteiger partial charge on any atom is -0.461 e. The first kappa shape index (κ1) is 17.5. The molecule has 2 saturated heterocycles. The van der Waals surface area contributed by atoms with Gasteiger partial charge in [-0.3, -0.25) is 4.79 Å². The number of likely N-dealkylation sites (tertiary alicyclic amines) is 1. The van der Waals surface area contributed by atoms with Gasteiger partial charge in [-0.2, -0.15) is 0 Å². The Labute approximate surface area is 177 Å². The van der Waals surface area contributed by atoms with Crippen LogP contribution in [0.4, 0.5) is 0 Å². The fourth-order valence-electron chi connectivity index (χ4n) is 8.34. The summed E-state index contributed by atoms with van der Waals surface area (Å²) in [5.74, 6) is 0.611. The third-order valence-corrected chi connectivity index (χ3v) is 9.45. The number of hydrogen-bond donors (Lipinski definition) is 0. The molecule has 5 fully saturated rings. The average Bonchev–Trinajstić information content (AvgIpc) is 3.55. The third-order valence-electron chi connectivity index (χ3n) is 9.45. The highest BCUT2D eigenvalue weighted by Crippen LogP contribution is 2.93. The number of rotatable bonds is 4. The first-order valence-corrected chi connectivity index (χ1v) is 11.2. The highest BCUT2D eigenvalue weighted by Gasteiger charge is 3.10. The number of likely N-dealkylation sites (N-methyl/N-ethyl adjacent to an activating group) is 1. The van der Waals surface area contributed by atoms with Gasteiger partial charge in [0.25, 0.3) is 0 Å². The number of quaternary nitrogens is 1. The van der Waals surface area contributed by atoms with Crippen molar-refractivity contribution in [2.75, 3.05) is 14.1 Å². The molecule has 2 aliphatic heterocycles. The molecule has 0 N–H and O–H groups in total. The van der Waals surface area contributed by atoms with Gasteiger partial charge in [-0.1, -0.05) is 60.7 Å². The van der Waals surface area contributed by atoms with Crippen LogP contribution in [0.5, 0.6) is 0 Å². The molecule has 30 heavy (non-hydrogen) atoms. The maximum atomic E-state index is 13.7. The van der Waals surface area contributed by atoms with Crippen LogP contribution in [0.2, 0.25) is 0 Å². The van der Waals surface area contributed by atoms with Crippen LogP contribution in [0, 0.1) is 11.3 Å². The quantitative estimate of drug-likeness (QED) is 0.448. The Hall–Kier alpha value is -2.17. The molecule has 2 heterocycles. The van der Waals surface area contributed by atoms with Crippen LogP contribution in [0.3, 0.4) is 0 Å². The Balaban J connectivity index is 1.19. The lowest BCUT2D eigenvalue weighted by Gasteiger charge is -2.71. The van der Waals surface area contributed by atoms with Crippen LogP contribution in [0.25, 0.3) is 0 Å². The van der Waals surface area contributed by atoms with E-state index < -0.39 is 5.41 Å². The number of fused-ring (bicyclic) bond motifs is 1. The summed E-state index contributed by atoms with van der Waals surface area (Å²) < 4.78 is 13.3. The number of piperidine rings is 1. The van der Waals surface area contributed by atoms with Gasteiger partial charge in [0.15, 0.2) is 5.60 Å². The molecule has 0 amide bonds. The molecule has 7 atom stereocenters. The van der Waals surface area contributed by atoms with Crippen molar-refractivity contribution in [3.05, 3.63) is 71.8 Å². The predicted molar refractivity (Wildman–Crippen MR) is 112 cm³/mol. The van der Waals surface area contributed by atoms with E-state index in [1.54, 1.807) is 0 Å². The van der Waals surface area contributed by atoms with Gasteiger partial charge < -0.3 is 14.0 Å². The lowest BCUT2D eigenvalue weighted by Crippen LogP contribution is -2.87. The van der Waals surface area contributed by atoms with Crippen molar-refractivity contribution in [3.63, 3.8) is 0 Å². The predicted octanol–water partition coefficient (Wildman–Crippen LogP) is 3.29. The molecule has 3 aliphatic carbocycles. The van der Waals surface area contributed by atoms with E-state index in [0.29, 0.717) is 23.6 Å². The van der Waals surface area contributed by atoms with Crippen LogP contribution in [-0.4, -0.2) is 54.4 Å². The molecule has 3 saturated carbocycles. The summed E-state index contributed by atoms with van der Waals surface area (Å²) >= 11 is 0. The first-order chi connectivity index (χ1) is 14.4. The first-order valence-electron chi connectivity index (χ1n) is 11.2. The Kier molecular flexibility index (Phi) is 2.92. The SMILES string of the molecule is CC(C(=O)OC1CC2[C@]3(C1)C1C4OC41C3[N+]2(C)C)(c1ccccc1)c1ccccc1. The van der Waals surface area contributed by atoms with E-state index in [2.05, 4.69) is 14.1 Å². The zero-order valence-electron chi connectivity index (χ0n) is 17.7. The van der Waals surface area contributed by atoms with Crippen LogP contribution in [0.15, 0.2) is 60.7 Å². The standard InChI is InChI=1S/C26H28NO3/c1-24(16-10-6-4-7-11-16,17-12-8-5-9-13-17)23(28)29-18-14-19-25(15-18)20-21-26(20,30-21)22(25)27(19,2)3/h4-13,18-22H,14-15H2,1-3H3/q+1/t18?,19?,20?,21?,22?,25-,26?/m1/s1. The summed E-state index contributed by atoms with van der Waals surface area (Å²) in [5.41, 5.74) is 1.74. The van der Waals surface area contributed by atoms with Crippen molar-refractivity contribution < 1.29 is 18.8 Å². The van der Waals surface area contributed by atoms with Gasteiger partial charge >= 0.3 is 5.97 Å². The number of nitrogens with zero attached hydrogens (tertiary/aromatic N) is 1. The van der Waals surface area contributed by atoms with E-state index >= 15 is 0 Å². The zero-order chi connectivity index (χ0) is 20.5. The average molecular weight is 403 g/mol. The van der Waals surface area contributed by atoms with E-state index in [1.165, 1.54) is 0 Å². The highest BCUT2D eigenvalue weighted by atomic mass is 16.7. The molecular weight excluding hydrogens is 374 g/mol. The number of epoxide rings is 1. The van der Waals surface area contributed by atoms with Crippen molar-refractivity contribution in [1.29, 1.82) is 0 Å². The molecule has 2 aromatic carbocycles. The summed E-state index contributed by atoms with van der Waals surface area (Å²) in [6.07, 6.45) is 2.52. The smallest absolute Gasteiger partial charge is 0.321 e. The summed E-state index contributed by atoms with van der Waals surface area (Å²) in [4.78, 5) is 13.7. The highest BCUT2D eigenvalue weighted by molar-refractivity contribution is 5.87. The van der Waals surface area contributed by atoms with Gasteiger partial charge in [-0.05, 0) is 18.1 Å². The minimum absolute atomic E-state index is 0.00833. The second-order valence-electron chi connectivity index (χ2n) is 10.9. The zero-order valence-corrected chi connectivity index (χ0v) is 17.7. The van der Waals surface area contributed by atoms with Gasteiger partial charge in [-0.15, -0.1) is 0 Å². The van der Waals surface area contributed by atoms with Crippen molar-refractivity contribution in [2.45, 2.75) is 55.1 Å². The van der Waals surface area contributed by atoms with Gasteiger partial charge in [0.2, 0.25) is 0 Å². The monoisotopic (exact) mass is 402 g/mol. The molecular formula is C26H28NO3+. The molecule has 2 spiro atoms. The summed E-state index contributed by atoms with van der Waals surface area (Å²) in [5, 5.41) is 0. The lowest BCUT2D eigenvalue weighted by atomic mass is 9.50. The van der Waals surface area contributed by atoms with E-state index in [0.717, 1.165) is 34.4 Å². The maximum absolute atomic E-state index is 13.7. The van der Waals surface area contributed by atoms with Gasteiger partial charge in [0.05, 0.1) is 19.5 Å². The second-order valence-corrected chi connectivity index (χ2v) is 10.9. The second kappa shape index (κ2) is 5.00. The van der Waals surface area contributed by atoms with Gasteiger partial charge in [0, 0.05) is 18.8 Å². The molecule has 7 rings (SSSR count). The number of benzene rings is 2. The van der Waals surface area contributed by atoms with Gasteiger partial charge in [-0.25, -0.2) is 0 Å². The van der Waals surface area contributed by atoms with E-state index in [1.807, 2.05) is 67.6 Å². The van der Waals surface area contributed by atoms with Crippen LogP contribution in [0.1, 0.15) is 30.9 Å². The van der Waals surface area contributed by atoms with Crippen LogP contribution < -0.4 is 0 Å². The Bertz CT molecular complexity index is 1030. The largest absolute Gasteiger partial charge is 0.461 e. The molecule has 0 radical (unpaired) electrons. The third kappa shape index (κ3) is 1.66. The number of ether oxygens (including phenoxy) is 2. The fourth-order valence-corrected chi connectivity index (χ4v) is 8.34. The van der Waals surface area contributed by atoms with Crippen molar-refractivity contribution >= 4 is 5.97 Å². The van der Waals surface area contributed by atoms with Crippen LogP contribution >= 0.6 is 0 Å². The number of hydrogen-bond acceptors (Lipinski definition) is 3. The fraction of sp³-hybridized carbons (Fsp3) is 0.500. The molecule has 6 unspecified atom stereocenters. The Morgan fingerprint density at radius 1 is 1.07 bits per heavy atom. The summed E-state index contributed by atoms with van der Waals surface area (Å²) in [6.45, 7) is 2.01. The Morgan fingerprint density at radius 2 is 1.67 bits per heavy atom. The lowest BCUT2D eigenvalue weighted by molar-refractivity contribution is -1.02. The van der Waals surface area contributed by atoms with E-state index in [-0.39, 0.29) is 17.7 Å². The topological polar surface area (TPSA) is 38.8 Å². The maximum Gasteiger partial charge on any atom is 0.321 e. The Morgan fingerprint density at radius 3 is 2.23 bits per heavy atom.